The van der Waals surface area contributed by atoms with E-state index in [0.717, 1.165) is 0 Å². The van der Waals surface area contributed by atoms with Gasteiger partial charge in [-0.15, -0.1) is 0 Å². The number of allylic oxidation sites excluding steroid dienone is 1. The molecule has 0 aliphatic carbocycles. The number of fused-ring (bicyclic) bond motifs is 1. The maximum Gasteiger partial charge on any atom is 0.343 e. The number of esters is 1. The molecule has 3 aromatic rings. The second-order valence-electron chi connectivity index (χ2n) is 6.13. The van der Waals surface area contributed by atoms with Gasteiger partial charge in [0.2, 0.25) is 5.78 Å². The maximum atomic E-state index is 14.0. The van der Waals surface area contributed by atoms with E-state index in [2.05, 4.69) is 0 Å². The average Bonchev–Trinajstić information content (AvgIpc) is 3.00. The van der Waals surface area contributed by atoms with Crippen LogP contribution in [0.15, 0.2) is 66.4 Å². The van der Waals surface area contributed by atoms with E-state index in [4.69, 9.17) is 32.7 Å². The van der Waals surface area contributed by atoms with Crippen molar-refractivity contribution in [3.63, 3.8) is 0 Å². The summed E-state index contributed by atoms with van der Waals surface area (Å²) < 4.78 is 24.9. The van der Waals surface area contributed by atoms with Gasteiger partial charge in [0.15, 0.2) is 5.76 Å². The van der Waals surface area contributed by atoms with Gasteiger partial charge in [-0.2, -0.15) is 0 Å². The fraction of sp³-hybridized carbons (Fsp3) is 0. The first-order valence-corrected chi connectivity index (χ1v) is 9.18. The molecule has 0 bridgehead atoms. The zero-order chi connectivity index (χ0) is 20.5. The average molecular weight is 429 g/mol. The molecule has 1 aliphatic rings. The van der Waals surface area contributed by atoms with Crippen molar-refractivity contribution in [2.45, 2.75) is 0 Å². The minimum Gasteiger partial charge on any atom is -0.452 e. The minimum atomic E-state index is -0.583. The zero-order valence-corrected chi connectivity index (χ0v) is 16.1. The number of hydrogen-bond donors (Lipinski definition) is 0. The van der Waals surface area contributed by atoms with E-state index in [-0.39, 0.29) is 33.4 Å². The van der Waals surface area contributed by atoms with Gasteiger partial charge in [-0.05, 0) is 54.6 Å². The Morgan fingerprint density at radius 3 is 2.52 bits per heavy atom. The van der Waals surface area contributed by atoms with Crippen LogP contribution in [0.4, 0.5) is 4.39 Å². The molecule has 1 heterocycles. The van der Waals surface area contributed by atoms with E-state index < -0.39 is 17.6 Å². The van der Waals surface area contributed by atoms with Crippen molar-refractivity contribution in [1.29, 1.82) is 0 Å². The third-order valence-electron chi connectivity index (χ3n) is 4.21. The lowest BCUT2D eigenvalue weighted by atomic mass is 10.1. The highest BCUT2D eigenvalue weighted by molar-refractivity contribution is 6.32. The van der Waals surface area contributed by atoms with Gasteiger partial charge in [0.05, 0.1) is 16.1 Å². The SMILES string of the molecule is O=C(Oc1ccc2c(c1)OC(=Cc1c(F)cccc1Cl)C2=O)c1ccc(Cl)cc1. The molecule has 144 valence electrons. The summed E-state index contributed by atoms with van der Waals surface area (Å²) in [5.41, 5.74) is 0.649. The number of hydrogen-bond acceptors (Lipinski definition) is 4. The lowest BCUT2D eigenvalue weighted by Crippen LogP contribution is -2.08. The monoisotopic (exact) mass is 428 g/mol. The van der Waals surface area contributed by atoms with Crippen LogP contribution in [0.5, 0.6) is 11.5 Å². The van der Waals surface area contributed by atoms with Crippen LogP contribution in [0.25, 0.3) is 6.08 Å². The molecule has 0 saturated carbocycles. The number of carbonyl (C=O) groups excluding carboxylic acids is 2. The molecule has 0 N–H and O–H groups in total. The largest absolute Gasteiger partial charge is 0.452 e. The van der Waals surface area contributed by atoms with Crippen LogP contribution in [-0.4, -0.2) is 11.8 Å². The lowest BCUT2D eigenvalue weighted by Gasteiger charge is -2.06. The minimum absolute atomic E-state index is 0.0553. The molecule has 4 nitrogen and oxygen atoms in total. The third-order valence-corrected chi connectivity index (χ3v) is 4.79. The number of ketones is 1. The Kier molecular flexibility index (Phi) is 5.09. The molecule has 0 unspecified atom stereocenters. The molecule has 7 heteroatoms. The molecule has 0 radical (unpaired) electrons. The van der Waals surface area contributed by atoms with Gasteiger partial charge in [0.25, 0.3) is 0 Å². The summed E-state index contributed by atoms with van der Waals surface area (Å²) in [6.07, 6.45) is 1.25. The molecule has 0 amide bonds. The molecule has 1 aliphatic heterocycles. The van der Waals surface area contributed by atoms with Crippen molar-refractivity contribution < 1.29 is 23.5 Å². The molecule has 0 atom stereocenters. The molecule has 4 rings (SSSR count). The Bertz CT molecular complexity index is 1150. The van der Waals surface area contributed by atoms with E-state index in [1.165, 1.54) is 54.6 Å². The summed E-state index contributed by atoms with van der Waals surface area (Å²) in [4.78, 5) is 24.8. The van der Waals surface area contributed by atoms with Gasteiger partial charge in [-0.3, -0.25) is 4.79 Å². The summed E-state index contributed by atoms with van der Waals surface area (Å²) >= 11 is 11.8. The van der Waals surface area contributed by atoms with E-state index in [0.29, 0.717) is 10.6 Å². The van der Waals surface area contributed by atoms with Gasteiger partial charge in [0, 0.05) is 16.7 Å². The topological polar surface area (TPSA) is 52.6 Å². The first-order chi connectivity index (χ1) is 13.9. The molecule has 0 fully saturated rings. The Morgan fingerprint density at radius 1 is 1.03 bits per heavy atom. The summed E-state index contributed by atoms with van der Waals surface area (Å²) in [6.45, 7) is 0. The van der Waals surface area contributed by atoms with Crippen LogP contribution >= 0.6 is 23.2 Å². The highest BCUT2D eigenvalue weighted by Crippen LogP contribution is 2.36. The first kappa shape index (κ1) is 19.2. The van der Waals surface area contributed by atoms with Gasteiger partial charge >= 0.3 is 5.97 Å². The quantitative estimate of drug-likeness (QED) is 0.293. The number of rotatable bonds is 3. The molecule has 29 heavy (non-hydrogen) atoms. The van der Waals surface area contributed by atoms with Crippen LogP contribution < -0.4 is 9.47 Å². The highest BCUT2D eigenvalue weighted by Gasteiger charge is 2.28. The fourth-order valence-corrected chi connectivity index (χ4v) is 3.11. The standard InChI is InChI=1S/C22H11Cl2FO4/c23-13-6-4-12(5-7-13)22(27)28-14-8-9-15-19(10-14)29-20(21(15)26)11-16-17(24)2-1-3-18(16)25/h1-11H. The van der Waals surface area contributed by atoms with Crippen LogP contribution in [0.3, 0.4) is 0 Å². The van der Waals surface area contributed by atoms with Crippen LogP contribution in [0.2, 0.25) is 10.0 Å². The van der Waals surface area contributed by atoms with Crippen molar-refractivity contribution in [3.8, 4) is 11.5 Å². The number of benzene rings is 3. The molecule has 0 aromatic heterocycles. The molecule has 0 saturated heterocycles. The van der Waals surface area contributed by atoms with Crippen molar-refractivity contribution in [1.82, 2.24) is 0 Å². The van der Waals surface area contributed by atoms with Crippen molar-refractivity contribution in [3.05, 3.63) is 99.0 Å². The van der Waals surface area contributed by atoms with Crippen LogP contribution in [-0.2, 0) is 0 Å². The highest BCUT2D eigenvalue weighted by atomic mass is 35.5. The Balaban J connectivity index is 1.58. The van der Waals surface area contributed by atoms with E-state index >= 15 is 0 Å². The second-order valence-corrected chi connectivity index (χ2v) is 6.97. The molecule has 3 aromatic carbocycles. The summed E-state index contributed by atoms with van der Waals surface area (Å²) in [6, 6.07) is 14.8. The molecular formula is C22H11Cl2FO4. The predicted molar refractivity (Wildman–Crippen MR) is 107 cm³/mol. The third kappa shape index (κ3) is 3.88. The van der Waals surface area contributed by atoms with E-state index in [1.807, 2.05) is 0 Å². The lowest BCUT2D eigenvalue weighted by molar-refractivity contribution is 0.0734. The fourth-order valence-electron chi connectivity index (χ4n) is 2.76. The van der Waals surface area contributed by atoms with Crippen LogP contribution in [0.1, 0.15) is 26.3 Å². The summed E-state index contributed by atoms with van der Waals surface area (Å²) in [5, 5.41) is 0.655. The Morgan fingerprint density at radius 2 is 1.79 bits per heavy atom. The van der Waals surface area contributed by atoms with E-state index in [1.54, 1.807) is 12.1 Å². The Hall–Kier alpha value is -3.15. The van der Waals surface area contributed by atoms with Gasteiger partial charge in [-0.25, -0.2) is 9.18 Å². The maximum absolute atomic E-state index is 14.0. The van der Waals surface area contributed by atoms with Gasteiger partial charge in [0.1, 0.15) is 17.3 Å². The van der Waals surface area contributed by atoms with E-state index in [9.17, 15) is 14.0 Å². The van der Waals surface area contributed by atoms with Gasteiger partial charge in [-0.1, -0.05) is 29.3 Å². The first-order valence-electron chi connectivity index (χ1n) is 8.42. The number of Topliss-reactive ketones (excluding diaryl/α,β-unsaturated/α-hetero) is 1. The van der Waals surface area contributed by atoms with Gasteiger partial charge < -0.3 is 9.47 Å². The van der Waals surface area contributed by atoms with Crippen molar-refractivity contribution in [2.75, 3.05) is 0 Å². The zero-order valence-electron chi connectivity index (χ0n) is 14.6. The summed E-state index contributed by atoms with van der Waals surface area (Å²) in [7, 11) is 0. The second kappa shape index (κ2) is 7.70. The number of carbonyl (C=O) groups is 2. The molecule has 0 spiro atoms. The smallest absolute Gasteiger partial charge is 0.343 e. The normalized spacial score (nSPS) is 13.9. The van der Waals surface area contributed by atoms with Crippen molar-refractivity contribution >= 4 is 41.0 Å². The number of ether oxygens (including phenoxy) is 2. The number of halogens is 3. The predicted octanol–water partition coefficient (Wildman–Crippen LogP) is 5.97. The Labute approximate surface area is 175 Å². The van der Waals surface area contributed by atoms with Crippen LogP contribution in [0, 0.1) is 5.82 Å². The molecular weight excluding hydrogens is 418 g/mol. The summed E-state index contributed by atoms with van der Waals surface area (Å²) in [5.74, 6) is -1.25. The van der Waals surface area contributed by atoms with Crippen molar-refractivity contribution in [2.24, 2.45) is 0 Å².